The number of hydrogen-bond donors (Lipinski definition) is 1. The van der Waals surface area contributed by atoms with Crippen LogP contribution in [-0.2, 0) is 16.1 Å². The second kappa shape index (κ2) is 12.0. The van der Waals surface area contributed by atoms with E-state index in [1.807, 2.05) is 88.4 Å². The number of aryl methyl sites for hydroxylation is 1. The van der Waals surface area contributed by atoms with Crippen molar-refractivity contribution < 1.29 is 14.3 Å². The van der Waals surface area contributed by atoms with E-state index in [2.05, 4.69) is 21.2 Å². The van der Waals surface area contributed by atoms with Crippen LogP contribution in [0.3, 0.4) is 0 Å². The van der Waals surface area contributed by atoms with E-state index in [0.29, 0.717) is 18.7 Å². The van der Waals surface area contributed by atoms with Crippen LogP contribution in [0.4, 0.5) is 0 Å². The zero-order valence-electron chi connectivity index (χ0n) is 20.3. The number of carbonyl (C=O) groups is 2. The molecule has 2 atom stereocenters. The third kappa shape index (κ3) is 6.38. The van der Waals surface area contributed by atoms with Crippen molar-refractivity contribution in [1.82, 2.24) is 10.2 Å². The molecule has 2 amide bonds. The first-order valence-corrected chi connectivity index (χ1v) is 12.6. The zero-order valence-corrected chi connectivity index (χ0v) is 21.9. The molecule has 2 unspecified atom stereocenters. The number of hydrogen-bond acceptors (Lipinski definition) is 3. The molecular formula is C28H33BrN2O3. The number of amides is 2. The monoisotopic (exact) mass is 524 g/mol. The second-order valence-corrected chi connectivity index (χ2v) is 9.43. The van der Waals surface area contributed by atoms with E-state index in [-0.39, 0.29) is 24.5 Å². The van der Waals surface area contributed by atoms with Gasteiger partial charge in [-0.05, 0) is 65.0 Å². The lowest BCUT2D eigenvalue weighted by molar-refractivity contribution is -0.143. The number of benzene rings is 3. The van der Waals surface area contributed by atoms with Crippen molar-refractivity contribution >= 4 is 38.5 Å². The van der Waals surface area contributed by atoms with Gasteiger partial charge in [-0.2, -0.15) is 0 Å². The Kier molecular flexibility index (Phi) is 9.11. The zero-order chi connectivity index (χ0) is 24.7. The lowest BCUT2D eigenvalue weighted by Gasteiger charge is -2.31. The van der Waals surface area contributed by atoms with Crippen LogP contribution in [0.1, 0.15) is 44.7 Å². The Balaban J connectivity index is 1.83. The summed E-state index contributed by atoms with van der Waals surface area (Å²) in [7, 11) is 0. The van der Waals surface area contributed by atoms with E-state index in [1.165, 1.54) is 0 Å². The fourth-order valence-electron chi connectivity index (χ4n) is 3.92. The molecule has 0 fully saturated rings. The van der Waals surface area contributed by atoms with E-state index in [9.17, 15) is 9.59 Å². The molecule has 0 aliphatic carbocycles. The predicted molar refractivity (Wildman–Crippen MR) is 141 cm³/mol. The number of ether oxygens (including phenoxy) is 1. The quantitative estimate of drug-likeness (QED) is 0.353. The SMILES string of the molecule is CCC(C)NC(=O)C(CC)N(Cc1cccc(C)c1)C(=O)COc1ccc2ccccc2c1Br. The average molecular weight is 525 g/mol. The maximum Gasteiger partial charge on any atom is 0.261 e. The van der Waals surface area contributed by atoms with Gasteiger partial charge in [0, 0.05) is 12.6 Å². The molecule has 6 heteroatoms. The third-order valence-corrected chi connectivity index (χ3v) is 6.82. The van der Waals surface area contributed by atoms with E-state index >= 15 is 0 Å². The van der Waals surface area contributed by atoms with Gasteiger partial charge in [0.05, 0.1) is 4.47 Å². The van der Waals surface area contributed by atoms with E-state index in [4.69, 9.17) is 4.74 Å². The van der Waals surface area contributed by atoms with Gasteiger partial charge in [0.15, 0.2) is 6.61 Å². The number of rotatable bonds is 10. The molecule has 0 radical (unpaired) electrons. The lowest BCUT2D eigenvalue weighted by atomic mass is 10.1. The van der Waals surface area contributed by atoms with Crippen molar-refractivity contribution in [1.29, 1.82) is 0 Å². The van der Waals surface area contributed by atoms with Crippen LogP contribution in [0.5, 0.6) is 5.75 Å². The molecule has 3 aromatic carbocycles. The van der Waals surface area contributed by atoms with Gasteiger partial charge in [-0.1, -0.05) is 74.0 Å². The first kappa shape index (κ1) is 25.8. The van der Waals surface area contributed by atoms with Crippen LogP contribution in [-0.4, -0.2) is 35.4 Å². The molecule has 1 N–H and O–H groups in total. The van der Waals surface area contributed by atoms with Crippen LogP contribution in [0.2, 0.25) is 0 Å². The van der Waals surface area contributed by atoms with Crippen LogP contribution >= 0.6 is 15.9 Å². The Hall–Kier alpha value is -2.86. The lowest BCUT2D eigenvalue weighted by Crippen LogP contribution is -2.51. The first-order valence-electron chi connectivity index (χ1n) is 11.8. The highest BCUT2D eigenvalue weighted by atomic mass is 79.9. The fourth-order valence-corrected chi connectivity index (χ4v) is 4.52. The van der Waals surface area contributed by atoms with Crippen LogP contribution in [0, 0.1) is 6.92 Å². The Morgan fingerprint density at radius 2 is 1.79 bits per heavy atom. The molecule has 0 saturated heterocycles. The average Bonchev–Trinajstić information content (AvgIpc) is 2.83. The second-order valence-electron chi connectivity index (χ2n) is 8.64. The van der Waals surface area contributed by atoms with Crippen molar-refractivity contribution in [2.75, 3.05) is 6.61 Å². The number of halogens is 1. The summed E-state index contributed by atoms with van der Waals surface area (Å²) in [5, 5.41) is 5.14. The molecule has 3 rings (SSSR count). The highest BCUT2D eigenvalue weighted by molar-refractivity contribution is 9.10. The molecule has 180 valence electrons. The van der Waals surface area contributed by atoms with Crippen molar-refractivity contribution in [3.05, 3.63) is 76.3 Å². The summed E-state index contributed by atoms with van der Waals surface area (Å²) in [5.74, 6) is 0.233. The van der Waals surface area contributed by atoms with E-state index in [0.717, 1.165) is 32.8 Å². The fraction of sp³-hybridized carbons (Fsp3) is 0.357. The van der Waals surface area contributed by atoms with Gasteiger partial charge in [0.25, 0.3) is 5.91 Å². The van der Waals surface area contributed by atoms with Gasteiger partial charge in [0.2, 0.25) is 5.91 Å². The minimum absolute atomic E-state index is 0.0438. The number of carbonyl (C=O) groups excluding carboxylic acids is 2. The summed E-state index contributed by atoms with van der Waals surface area (Å²) in [6, 6.07) is 19.3. The maximum atomic E-state index is 13.4. The molecular weight excluding hydrogens is 492 g/mol. The summed E-state index contributed by atoms with van der Waals surface area (Å²) >= 11 is 3.62. The van der Waals surface area contributed by atoms with Crippen molar-refractivity contribution in [3.63, 3.8) is 0 Å². The van der Waals surface area contributed by atoms with E-state index < -0.39 is 6.04 Å². The minimum Gasteiger partial charge on any atom is -0.483 e. The summed E-state index contributed by atoms with van der Waals surface area (Å²) in [5.41, 5.74) is 2.09. The summed E-state index contributed by atoms with van der Waals surface area (Å²) in [6.07, 6.45) is 1.34. The molecule has 0 aromatic heterocycles. The number of nitrogens with one attached hydrogen (secondary N) is 1. The van der Waals surface area contributed by atoms with Crippen LogP contribution in [0.15, 0.2) is 65.1 Å². The summed E-state index contributed by atoms with van der Waals surface area (Å²) in [6.45, 7) is 8.13. The largest absolute Gasteiger partial charge is 0.483 e. The summed E-state index contributed by atoms with van der Waals surface area (Å²) < 4.78 is 6.77. The molecule has 0 saturated carbocycles. The molecule has 0 bridgehead atoms. The van der Waals surface area contributed by atoms with Gasteiger partial charge in [-0.25, -0.2) is 0 Å². The highest BCUT2D eigenvalue weighted by Gasteiger charge is 2.29. The summed E-state index contributed by atoms with van der Waals surface area (Å²) in [4.78, 5) is 28.2. The first-order chi connectivity index (χ1) is 16.3. The molecule has 0 aliphatic rings. The highest BCUT2D eigenvalue weighted by Crippen LogP contribution is 2.33. The van der Waals surface area contributed by atoms with Gasteiger partial charge >= 0.3 is 0 Å². The van der Waals surface area contributed by atoms with Crippen molar-refractivity contribution in [2.45, 2.75) is 59.2 Å². The van der Waals surface area contributed by atoms with Crippen molar-refractivity contribution in [3.8, 4) is 5.75 Å². The van der Waals surface area contributed by atoms with Crippen molar-refractivity contribution in [2.24, 2.45) is 0 Å². The molecule has 0 heterocycles. The molecule has 5 nitrogen and oxygen atoms in total. The standard InChI is InChI=1S/C28H33BrN2O3/c1-5-20(4)30-28(33)24(6-2)31(17-21-11-9-10-19(3)16-21)26(32)18-34-25-15-14-22-12-7-8-13-23(22)27(25)29/h7-16,20,24H,5-6,17-18H2,1-4H3,(H,30,33). The van der Waals surface area contributed by atoms with Crippen LogP contribution in [0.25, 0.3) is 10.8 Å². The van der Waals surface area contributed by atoms with Gasteiger partial charge < -0.3 is 15.0 Å². The normalized spacial score (nSPS) is 12.7. The Morgan fingerprint density at radius 1 is 1.03 bits per heavy atom. The maximum absolute atomic E-state index is 13.4. The van der Waals surface area contributed by atoms with Gasteiger partial charge in [-0.3, -0.25) is 9.59 Å². The van der Waals surface area contributed by atoms with Gasteiger partial charge in [0.1, 0.15) is 11.8 Å². The minimum atomic E-state index is -0.578. The topological polar surface area (TPSA) is 58.6 Å². The van der Waals surface area contributed by atoms with E-state index in [1.54, 1.807) is 4.90 Å². The number of nitrogens with zero attached hydrogens (tertiary/aromatic N) is 1. The Labute approximate surface area is 210 Å². The molecule has 34 heavy (non-hydrogen) atoms. The number of fused-ring (bicyclic) bond motifs is 1. The molecule has 3 aromatic rings. The predicted octanol–water partition coefficient (Wildman–Crippen LogP) is 6.01. The molecule has 0 spiro atoms. The third-order valence-electron chi connectivity index (χ3n) is 6.00. The van der Waals surface area contributed by atoms with Crippen LogP contribution < -0.4 is 10.1 Å². The smallest absolute Gasteiger partial charge is 0.261 e. The molecule has 0 aliphatic heterocycles. The Morgan fingerprint density at radius 3 is 2.50 bits per heavy atom. The van der Waals surface area contributed by atoms with Gasteiger partial charge in [-0.15, -0.1) is 0 Å². The Bertz CT molecular complexity index is 1150.